The Hall–Kier alpha value is -1.79. The third-order valence-corrected chi connectivity index (χ3v) is 4.36. The van der Waals surface area contributed by atoms with Crippen molar-refractivity contribution >= 4 is 17.8 Å². The number of aliphatic imine (C=N–C) groups is 1. The number of hydrogen-bond donors (Lipinski definition) is 3. The third-order valence-electron chi connectivity index (χ3n) is 4.36. The van der Waals surface area contributed by atoms with Gasteiger partial charge >= 0.3 is 5.97 Å². The molecule has 0 saturated carbocycles. The van der Waals surface area contributed by atoms with Crippen molar-refractivity contribution in [2.45, 2.75) is 96.9 Å². The average molecular weight is 385 g/mol. The van der Waals surface area contributed by atoms with E-state index in [4.69, 9.17) is 16.2 Å². The van der Waals surface area contributed by atoms with Gasteiger partial charge in [0.2, 0.25) is 5.91 Å². The SMILES string of the molecule is CCCCCCCCCCCC(=O)N[C@H](CCCN=C(N)N)C(=O)OCC. The molecule has 1 amide bonds. The summed E-state index contributed by atoms with van der Waals surface area (Å²) < 4.78 is 5.04. The molecule has 0 bridgehead atoms. The lowest BCUT2D eigenvalue weighted by atomic mass is 10.1. The summed E-state index contributed by atoms with van der Waals surface area (Å²) in [5.41, 5.74) is 10.6. The first kappa shape index (κ1) is 25.2. The highest BCUT2D eigenvalue weighted by atomic mass is 16.5. The summed E-state index contributed by atoms with van der Waals surface area (Å²) in [7, 11) is 0. The van der Waals surface area contributed by atoms with Crippen LogP contribution < -0.4 is 16.8 Å². The van der Waals surface area contributed by atoms with Gasteiger partial charge in [0.25, 0.3) is 0 Å². The van der Waals surface area contributed by atoms with Gasteiger partial charge in [0.1, 0.15) is 6.04 Å². The number of nitrogens with one attached hydrogen (secondary N) is 1. The molecule has 0 aromatic carbocycles. The van der Waals surface area contributed by atoms with Gasteiger partial charge in [-0.1, -0.05) is 58.3 Å². The molecule has 0 saturated heterocycles. The highest BCUT2D eigenvalue weighted by Crippen LogP contribution is 2.11. The fourth-order valence-electron chi connectivity index (χ4n) is 2.86. The zero-order valence-corrected chi connectivity index (χ0v) is 17.3. The van der Waals surface area contributed by atoms with Crippen molar-refractivity contribution in [2.24, 2.45) is 16.5 Å². The molecule has 0 aliphatic heterocycles. The highest BCUT2D eigenvalue weighted by molar-refractivity contribution is 5.84. The monoisotopic (exact) mass is 384 g/mol. The van der Waals surface area contributed by atoms with Crippen molar-refractivity contribution in [2.75, 3.05) is 13.2 Å². The van der Waals surface area contributed by atoms with E-state index in [0.717, 1.165) is 12.8 Å². The molecule has 0 rings (SSSR count). The number of rotatable bonds is 17. The molecule has 0 aromatic rings. The van der Waals surface area contributed by atoms with Gasteiger partial charge in [-0.25, -0.2) is 4.79 Å². The second kappa shape index (κ2) is 17.6. The maximum atomic E-state index is 12.1. The molecule has 0 aliphatic carbocycles. The number of unbranched alkanes of at least 4 members (excludes halogenated alkanes) is 8. The Bertz CT molecular complexity index is 423. The summed E-state index contributed by atoms with van der Waals surface area (Å²) in [6, 6.07) is -0.634. The van der Waals surface area contributed by atoms with E-state index >= 15 is 0 Å². The van der Waals surface area contributed by atoms with Gasteiger partial charge in [-0.15, -0.1) is 0 Å². The smallest absolute Gasteiger partial charge is 0.328 e. The number of hydrogen-bond acceptors (Lipinski definition) is 4. The molecule has 0 aliphatic rings. The number of carbonyl (C=O) groups excluding carboxylic acids is 2. The number of carbonyl (C=O) groups is 2. The van der Waals surface area contributed by atoms with Crippen LogP contribution in [-0.4, -0.2) is 37.0 Å². The second-order valence-corrected chi connectivity index (χ2v) is 6.90. The minimum atomic E-state index is -0.634. The Labute approximate surface area is 164 Å². The van der Waals surface area contributed by atoms with E-state index in [1.54, 1.807) is 6.92 Å². The lowest BCUT2D eigenvalue weighted by Crippen LogP contribution is -2.42. The lowest BCUT2D eigenvalue weighted by Gasteiger charge is -2.17. The van der Waals surface area contributed by atoms with E-state index in [1.807, 2.05) is 0 Å². The molecular weight excluding hydrogens is 344 g/mol. The van der Waals surface area contributed by atoms with Crippen molar-refractivity contribution in [1.29, 1.82) is 0 Å². The maximum Gasteiger partial charge on any atom is 0.328 e. The quantitative estimate of drug-likeness (QED) is 0.154. The number of amides is 1. The van der Waals surface area contributed by atoms with Gasteiger partial charge in [0, 0.05) is 13.0 Å². The number of nitrogens with zero attached hydrogens (tertiary/aromatic N) is 1. The third kappa shape index (κ3) is 16.1. The molecule has 27 heavy (non-hydrogen) atoms. The van der Waals surface area contributed by atoms with Crippen molar-refractivity contribution in [3.05, 3.63) is 0 Å². The first-order valence-electron chi connectivity index (χ1n) is 10.5. The molecule has 0 unspecified atom stereocenters. The second-order valence-electron chi connectivity index (χ2n) is 6.90. The summed E-state index contributed by atoms with van der Waals surface area (Å²) in [5.74, 6) is -0.474. The maximum absolute atomic E-state index is 12.1. The van der Waals surface area contributed by atoms with Gasteiger partial charge in [-0.05, 0) is 26.2 Å². The van der Waals surface area contributed by atoms with Crippen LogP contribution in [0, 0.1) is 0 Å². The fourth-order valence-corrected chi connectivity index (χ4v) is 2.86. The largest absolute Gasteiger partial charge is 0.464 e. The summed E-state index contributed by atoms with van der Waals surface area (Å²) in [6.07, 6.45) is 12.3. The number of guanidine groups is 1. The Kier molecular flexibility index (Phi) is 16.4. The summed E-state index contributed by atoms with van der Waals surface area (Å²) in [5, 5.41) is 2.79. The molecule has 0 spiro atoms. The predicted molar refractivity (Wildman–Crippen MR) is 110 cm³/mol. The summed E-state index contributed by atoms with van der Waals surface area (Å²) >= 11 is 0. The van der Waals surface area contributed by atoms with E-state index in [1.165, 1.54) is 44.9 Å². The molecule has 5 N–H and O–H groups in total. The molecule has 0 heterocycles. The highest BCUT2D eigenvalue weighted by Gasteiger charge is 2.21. The molecular formula is C20H40N4O3. The Morgan fingerprint density at radius 3 is 2.07 bits per heavy atom. The topological polar surface area (TPSA) is 120 Å². The fraction of sp³-hybridized carbons (Fsp3) is 0.850. The van der Waals surface area contributed by atoms with Crippen molar-refractivity contribution in [1.82, 2.24) is 5.32 Å². The van der Waals surface area contributed by atoms with E-state index in [2.05, 4.69) is 17.2 Å². The van der Waals surface area contributed by atoms with Crippen LogP contribution >= 0.6 is 0 Å². The van der Waals surface area contributed by atoms with Gasteiger partial charge < -0.3 is 21.5 Å². The molecule has 7 heteroatoms. The molecule has 158 valence electrons. The average Bonchev–Trinajstić information content (AvgIpc) is 2.62. The van der Waals surface area contributed by atoms with Crippen LogP contribution in [0.5, 0.6) is 0 Å². The van der Waals surface area contributed by atoms with Crippen LogP contribution in [0.25, 0.3) is 0 Å². The minimum Gasteiger partial charge on any atom is -0.464 e. The van der Waals surface area contributed by atoms with E-state index < -0.39 is 12.0 Å². The van der Waals surface area contributed by atoms with Crippen molar-refractivity contribution in [3.8, 4) is 0 Å². The normalized spacial score (nSPS) is 11.6. The van der Waals surface area contributed by atoms with E-state index in [-0.39, 0.29) is 18.5 Å². The first-order valence-corrected chi connectivity index (χ1v) is 10.5. The number of esters is 1. The number of ether oxygens (including phenoxy) is 1. The van der Waals surface area contributed by atoms with Gasteiger partial charge in [0.15, 0.2) is 5.96 Å². The van der Waals surface area contributed by atoms with Crippen LogP contribution in [-0.2, 0) is 14.3 Å². The van der Waals surface area contributed by atoms with Crippen LogP contribution in [0.1, 0.15) is 90.9 Å². The van der Waals surface area contributed by atoms with Crippen LogP contribution in [0.15, 0.2) is 4.99 Å². The van der Waals surface area contributed by atoms with Crippen molar-refractivity contribution in [3.63, 3.8) is 0 Å². The Morgan fingerprint density at radius 1 is 0.926 bits per heavy atom. The van der Waals surface area contributed by atoms with Crippen LogP contribution in [0.2, 0.25) is 0 Å². The summed E-state index contributed by atoms with van der Waals surface area (Å²) in [6.45, 7) is 4.68. The van der Waals surface area contributed by atoms with Gasteiger partial charge in [-0.2, -0.15) is 0 Å². The Morgan fingerprint density at radius 2 is 1.52 bits per heavy atom. The van der Waals surface area contributed by atoms with Crippen LogP contribution in [0.3, 0.4) is 0 Å². The molecule has 0 aromatic heterocycles. The standard InChI is InChI=1S/C20H40N4O3/c1-3-5-6-7-8-9-10-11-12-15-18(25)24-17(19(26)27-4-2)14-13-16-23-20(21)22/h17H,3-16H2,1-2H3,(H,24,25)(H4,21,22,23)/t17-/m1/s1. The molecule has 7 nitrogen and oxygen atoms in total. The molecule has 0 radical (unpaired) electrons. The van der Waals surface area contributed by atoms with E-state index in [9.17, 15) is 9.59 Å². The molecule has 0 fully saturated rings. The lowest BCUT2D eigenvalue weighted by molar-refractivity contribution is -0.147. The van der Waals surface area contributed by atoms with E-state index in [0.29, 0.717) is 25.8 Å². The van der Waals surface area contributed by atoms with Gasteiger partial charge in [-0.3, -0.25) is 9.79 Å². The first-order chi connectivity index (χ1) is 13.0. The van der Waals surface area contributed by atoms with Crippen LogP contribution in [0.4, 0.5) is 0 Å². The number of nitrogens with two attached hydrogens (primary N) is 2. The molecule has 1 atom stereocenters. The van der Waals surface area contributed by atoms with Crippen molar-refractivity contribution < 1.29 is 14.3 Å². The zero-order valence-electron chi connectivity index (χ0n) is 17.3. The zero-order chi connectivity index (χ0) is 20.3. The Balaban J connectivity index is 3.99. The minimum absolute atomic E-state index is 0.0251. The predicted octanol–water partition coefficient (Wildman–Crippen LogP) is 3.01. The summed E-state index contributed by atoms with van der Waals surface area (Å²) in [4.78, 5) is 28.0. The van der Waals surface area contributed by atoms with Gasteiger partial charge in [0.05, 0.1) is 6.61 Å².